The molecule has 0 spiro atoms. The molecule has 0 atom stereocenters. The molecule has 0 fully saturated rings. The lowest BCUT2D eigenvalue weighted by Gasteiger charge is -2.10. The minimum absolute atomic E-state index is 0.586. The van der Waals surface area contributed by atoms with E-state index >= 15 is 0 Å². The van der Waals surface area contributed by atoms with Crippen LogP contribution in [0.3, 0.4) is 0 Å². The van der Waals surface area contributed by atoms with Crippen LogP contribution >= 0.6 is 0 Å². The van der Waals surface area contributed by atoms with E-state index < -0.39 is 0 Å². The van der Waals surface area contributed by atoms with Crippen molar-refractivity contribution >= 4 is 27.5 Å². The monoisotopic (exact) mass is 239 g/mol. The summed E-state index contributed by atoms with van der Waals surface area (Å²) < 4.78 is 2.21. The number of hydrogen-bond donors (Lipinski definition) is 1. The number of fused-ring (bicyclic) bond motifs is 3. The number of rotatable bonds is 2. The van der Waals surface area contributed by atoms with Crippen LogP contribution in [0.25, 0.3) is 21.8 Å². The first-order chi connectivity index (χ1) is 8.66. The van der Waals surface area contributed by atoms with Gasteiger partial charge in [0.15, 0.2) is 0 Å². The first kappa shape index (κ1) is 11.1. The van der Waals surface area contributed by atoms with E-state index in [-0.39, 0.29) is 0 Å². The average molecular weight is 239 g/mol. The summed E-state index contributed by atoms with van der Waals surface area (Å²) in [6, 6.07) is 10.3. The molecule has 0 aliphatic rings. The van der Waals surface area contributed by atoms with Crippen LogP contribution in [0.5, 0.6) is 0 Å². The number of nitrogens with two attached hydrogens (primary N) is 1. The molecule has 0 aliphatic heterocycles. The van der Waals surface area contributed by atoms with Crippen molar-refractivity contribution in [1.29, 1.82) is 0 Å². The van der Waals surface area contributed by atoms with Gasteiger partial charge in [0.2, 0.25) is 0 Å². The standard InChI is InChI=1S/C15H17N3/c1-10(2)8-18-9-17-14-13(16)7-11-5-3-4-6-12(11)15(14)18/h3-7,9-10H,8,16H2,1-2H3. The van der Waals surface area contributed by atoms with Gasteiger partial charge in [0.05, 0.1) is 17.5 Å². The molecule has 0 radical (unpaired) electrons. The fraction of sp³-hybridized carbons (Fsp3) is 0.267. The van der Waals surface area contributed by atoms with Gasteiger partial charge in [0, 0.05) is 11.9 Å². The third kappa shape index (κ3) is 1.63. The molecule has 3 nitrogen and oxygen atoms in total. The number of nitrogens with zero attached hydrogens (tertiary/aromatic N) is 2. The van der Waals surface area contributed by atoms with Crippen LogP contribution in [-0.2, 0) is 6.54 Å². The highest BCUT2D eigenvalue weighted by Gasteiger charge is 2.11. The number of hydrogen-bond acceptors (Lipinski definition) is 2. The normalized spacial score (nSPS) is 11.7. The highest BCUT2D eigenvalue weighted by Crippen LogP contribution is 2.29. The Morgan fingerprint density at radius 2 is 2.06 bits per heavy atom. The van der Waals surface area contributed by atoms with Crippen molar-refractivity contribution in [2.45, 2.75) is 20.4 Å². The molecule has 0 unspecified atom stereocenters. The SMILES string of the molecule is CC(C)Cn1cnc2c(N)cc3ccccc3c21. The maximum absolute atomic E-state index is 6.09. The lowest BCUT2D eigenvalue weighted by Crippen LogP contribution is -2.03. The maximum Gasteiger partial charge on any atom is 0.112 e. The Bertz CT molecular complexity index is 710. The number of aromatic nitrogens is 2. The largest absolute Gasteiger partial charge is 0.397 e. The second kappa shape index (κ2) is 4.02. The summed E-state index contributed by atoms with van der Waals surface area (Å²) in [5.74, 6) is 0.586. The summed E-state index contributed by atoms with van der Waals surface area (Å²) >= 11 is 0. The maximum atomic E-state index is 6.09. The van der Waals surface area contributed by atoms with Crippen molar-refractivity contribution in [3.63, 3.8) is 0 Å². The quantitative estimate of drug-likeness (QED) is 0.696. The van der Waals surface area contributed by atoms with Crippen molar-refractivity contribution in [3.8, 4) is 0 Å². The van der Waals surface area contributed by atoms with E-state index in [0.29, 0.717) is 5.92 Å². The minimum Gasteiger partial charge on any atom is -0.397 e. The molecule has 0 aliphatic carbocycles. The van der Waals surface area contributed by atoms with E-state index in [1.807, 2.05) is 18.5 Å². The predicted molar refractivity (Wildman–Crippen MR) is 76.5 cm³/mol. The molecular weight excluding hydrogens is 222 g/mol. The molecule has 0 bridgehead atoms. The van der Waals surface area contributed by atoms with Crippen LogP contribution in [0.4, 0.5) is 5.69 Å². The second-order valence-electron chi connectivity index (χ2n) is 5.17. The molecule has 3 rings (SSSR count). The van der Waals surface area contributed by atoms with Crippen LogP contribution in [-0.4, -0.2) is 9.55 Å². The van der Waals surface area contributed by atoms with Gasteiger partial charge < -0.3 is 10.3 Å². The van der Waals surface area contributed by atoms with Crippen molar-refractivity contribution < 1.29 is 0 Å². The Hall–Kier alpha value is -2.03. The van der Waals surface area contributed by atoms with E-state index in [2.05, 4.69) is 41.6 Å². The first-order valence-corrected chi connectivity index (χ1v) is 6.29. The number of benzene rings is 2. The lowest BCUT2D eigenvalue weighted by atomic mass is 10.1. The van der Waals surface area contributed by atoms with Crippen LogP contribution in [0.2, 0.25) is 0 Å². The van der Waals surface area contributed by atoms with Crippen LogP contribution < -0.4 is 5.73 Å². The molecular formula is C15H17N3. The Balaban J connectivity index is 2.40. The summed E-state index contributed by atoms with van der Waals surface area (Å²) in [5, 5.41) is 2.40. The van der Waals surface area contributed by atoms with E-state index in [4.69, 9.17) is 5.73 Å². The lowest BCUT2D eigenvalue weighted by molar-refractivity contribution is 0.533. The molecule has 1 heterocycles. The summed E-state index contributed by atoms with van der Waals surface area (Å²) in [6.07, 6.45) is 1.90. The van der Waals surface area contributed by atoms with E-state index in [9.17, 15) is 0 Å². The number of imidazole rings is 1. The van der Waals surface area contributed by atoms with Crippen molar-refractivity contribution in [2.75, 3.05) is 5.73 Å². The molecule has 2 aromatic carbocycles. The Morgan fingerprint density at radius 1 is 1.28 bits per heavy atom. The highest BCUT2D eigenvalue weighted by atomic mass is 15.0. The molecule has 18 heavy (non-hydrogen) atoms. The van der Waals surface area contributed by atoms with Gasteiger partial charge in [-0.05, 0) is 17.4 Å². The molecule has 0 saturated carbocycles. The highest BCUT2D eigenvalue weighted by molar-refractivity contribution is 6.09. The molecule has 0 saturated heterocycles. The molecule has 0 amide bonds. The van der Waals surface area contributed by atoms with Crippen LogP contribution in [0.15, 0.2) is 36.7 Å². The predicted octanol–water partition coefficient (Wildman–Crippen LogP) is 3.43. The minimum atomic E-state index is 0.586. The molecule has 2 N–H and O–H groups in total. The molecule has 3 heteroatoms. The van der Waals surface area contributed by atoms with Gasteiger partial charge in [-0.3, -0.25) is 0 Å². The van der Waals surface area contributed by atoms with E-state index in [1.54, 1.807) is 0 Å². The molecule has 92 valence electrons. The number of anilines is 1. The molecule has 1 aromatic heterocycles. The van der Waals surface area contributed by atoms with E-state index in [1.165, 1.54) is 10.8 Å². The smallest absolute Gasteiger partial charge is 0.112 e. The first-order valence-electron chi connectivity index (χ1n) is 6.29. The van der Waals surface area contributed by atoms with Crippen molar-refractivity contribution in [1.82, 2.24) is 9.55 Å². The van der Waals surface area contributed by atoms with Gasteiger partial charge in [-0.25, -0.2) is 4.98 Å². The fourth-order valence-electron chi connectivity index (χ4n) is 2.48. The van der Waals surface area contributed by atoms with Crippen LogP contribution in [0, 0.1) is 5.92 Å². The van der Waals surface area contributed by atoms with Crippen molar-refractivity contribution in [3.05, 3.63) is 36.7 Å². The fourth-order valence-corrected chi connectivity index (χ4v) is 2.48. The van der Waals surface area contributed by atoms with Gasteiger partial charge >= 0.3 is 0 Å². The summed E-state index contributed by atoms with van der Waals surface area (Å²) in [6.45, 7) is 5.38. The Labute approximate surface area is 106 Å². The summed E-state index contributed by atoms with van der Waals surface area (Å²) in [5.41, 5.74) is 8.91. The Morgan fingerprint density at radius 3 is 2.83 bits per heavy atom. The van der Waals surface area contributed by atoms with E-state index in [0.717, 1.165) is 23.3 Å². The van der Waals surface area contributed by atoms with Gasteiger partial charge in [-0.2, -0.15) is 0 Å². The zero-order chi connectivity index (χ0) is 12.7. The zero-order valence-corrected chi connectivity index (χ0v) is 10.7. The topological polar surface area (TPSA) is 43.8 Å². The Kier molecular flexibility index (Phi) is 2.47. The van der Waals surface area contributed by atoms with Gasteiger partial charge in [-0.15, -0.1) is 0 Å². The van der Waals surface area contributed by atoms with Crippen molar-refractivity contribution in [2.24, 2.45) is 5.92 Å². The third-order valence-corrected chi connectivity index (χ3v) is 3.20. The van der Waals surface area contributed by atoms with Gasteiger partial charge in [-0.1, -0.05) is 38.1 Å². The third-order valence-electron chi connectivity index (χ3n) is 3.20. The summed E-state index contributed by atoms with van der Waals surface area (Å²) in [7, 11) is 0. The zero-order valence-electron chi connectivity index (χ0n) is 10.7. The van der Waals surface area contributed by atoms with Gasteiger partial charge in [0.1, 0.15) is 5.52 Å². The second-order valence-corrected chi connectivity index (χ2v) is 5.17. The average Bonchev–Trinajstić information content (AvgIpc) is 2.73. The number of nitrogen functional groups attached to an aromatic ring is 1. The summed E-state index contributed by atoms with van der Waals surface area (Å²) in [4.78, 5) is 4.46. The van der Waals surface area contributed by atoms with Crippen LogP contribution in [0.1, 0.15) is 13.8 Å². The molecule has 3 aromatic rings. The van der Waals surface area contributed by atoms with Gasteiger partial charge in [0.25, 0.3) is 0 Å².